The number of rotatable bonds is 8. The molecule has 0 fully saturated rings. The number of oxazole rings is 1. The van der Waals surface area contributed by atoms with E-state index >= 15 is 0 Å². The lowest BCUT2D eigenvalue weighted by Crippen LogP contribution is -2.28. The van der Waals surface area contributed by atoms with E-state index in [1.807, 2.05) is 48.5 Å². The summed E-state index contributed by atoms with van der Waals surface area (Å²) in [5, 5.41) is 16.0. The van der Waals surface area contributed by atoms with Crippen LogP contribution in [-0.2, 0) is 17.8 Å². The van der Waals surface area contributed by atoms with Gasteiger partial charge in [0.2, 0.25) is 11.7 Å². The number of nitrogens with one attached hydrogen (secondary N) is 3. The second kappa shape index (κ2) is 11.5. The molecule has 2 heterocycles. The van der Waals surface area contributed by atoms with Gasteiger partial charge in [-0.15, -0.1) is 0 Å². The van der Waals surface area contributed by atoms with Crippen LogP contribution in [0.3, 0.4) is 0 Å². The van der Waals surface area contributed by atoms with Crippen molar-refractivity contribution in [3.05, 3.63) is 106 Å². The highest BCUT2D eigenvalue weighted by atomic mass is 16.4. The first-order chi connectivity index (χ1) is 17.5. The van der Waals surface area contributed by atoms with Gasteiger partial charge in [-0.05, 0) is 41.8 Å². The summed E-state index contributed by atoms with van der Waals surface area (Å²) in [6, 6.07) is 16.1. The fourth-order valence-electron chi connectivity index (χ4n) is 3.58. The van der Waals surface area contributed by atoms with Crippen LogP contribution in [0.4, 0.5) is 6.01 Å². The molecule has 9 nitrogen and oxygen atoms in total. The minimum Gasteiger partial charge on any atom is -0.502 e. The number of nitrogens with zero attached hydrogens (tertiary/aromatic N) is 2. The first-order valence-electron chi connectivity index (χ1n) is 11.3. The highest BCUT2D eigenvalue weighted by Gasteiger charge is 2.20. The maximum absolute atomic E-state index is 11.8. The number of aromatic nitrogens is 3. The fourth-order valence-corrected chi connectivity index (χ4v) is 3.58. The molecule has 2 aromatic carbocycles. The molecule has 1 unspecified atom stereocenters. The Morgan fingerprint density at radius 2 is 1.72 bits per heavy atom. The van der Waals surface area contributed by atoms with Gasteiger partial charge in [-0.3, -0.25) is 9.59 Å². The molecule has 1 amide bonds. The van der Waals surface area contributed by atoms with Crippen molar-refractivity contribution in [2.75, 3.05) is 11.9 Å². The van der Waals surface area contributed by atoms with Crippen molar-refractivity contribution < 1.29 is 14.3 Å². The van der Waals surface area contributed by atoms with Gasteiger partial charge in [0.1, 0.15) is 6.26 Å². The molecule has 4 rings (SSSR count). The first kappa shape index (κ1) is 24.3. The average molecular weight is 484 g/mol. The molecule has 0 aliphatic rings. The summed E-state index contributed by atoms with van der Waals surface area (Å²) in [4.78, 5) is 33.7. The van der Waals surface area contributed by atoms with Gasteiger partial charge in [-0.2, -0.15) is 0 Å². The Morgan fingerprint density at radius 3 is 2.33 bits per heavy atom. The fraction of sp³-hybridized carbons (Fsp3) is 0.185. The molecular formula is C27H25N5O4. The third-order valence-electron chi connectivity index (χ3n) is 5.46. The van der Waals surface area contributed by atoms with E-state index in [0.29, 0.717) is 19.0 Å². The summed E-state index contributed by atoms with van der Waals surface area (Å²) in [6.07, 6.45) is 4.83. The van der Waals surface area contributed by atoms with Gasteiger partial charge in [-0.25, -0.2) is 9.97 Å². The number of hydrogen-bond donors (Lipinski definition) is 4. The summed E-state index contributed by atoms with van der Waals surface area (Å²) < 4.78 is 5.16. The lowest BCUT2D eigenvalue weighted by atomic mass is 9.94. The van der Waals surface area contributed by atoms with Crippen molar-refractivity contribution in [2.24, 2.45) is 0 Å². The molecule has 0 saturated heterocycles. The van der Waals surface area contributed by atoms with Gasteiger partial charge in [0.15, 0.2) is 0 Å². The van der Waals surface area contributed by atoms with Crippen LogP contribution in [-0.4, -0.2) is 32.5 Å². The molecule has 0 bridgehead atoms. The van der Waals surface area contributed by atoms with Gasteiger partial charge in [0.25, 0.3) is 11.6 Å². The van der Waals surface area contributed by atoms with E-state index < -0.39 is 11.3 Å². The number of aromatic amines is 1. The number of anilines is 1. The Balaban J connectivity index is 1.40. The Labute approximate surface area is 207 Å². The van der Waals surface area contributed by atoms with Crippen LogP contribution in [0.25, 0.3) is 0 Å². The SMILES string of the molecule is CC(=O)NCC(Cc1ccc(C#Cc2ccc(CNc3ncco3)cc2)cc1)c1nc[nH]c(=O)c1O. The summed E-state index contributed by atoms with van der Waals surface area (Å²) in [5.41, 5.74) is 3.42. The van der Waals surface area contributed by atoms with Crippen LogP contribution in [0.15, 0.2) is 76.5 Å². The van der Waals surface area contributed by atoms with E-state index in [1.54, 1.807) is 6.20 Å². The van der Waals surface area contributed by atoms with Crippen LogP contribution in [0.2, 0.25) is 0 Å². The van der Waals surface area contributed by atoms with E-state index in [2.05, 4.69) is 37.4 Å². The Hall–Kier alpha value is -4.84. The van der Waals surface area contributed by atoms with Crippen molar-refractivity contribution in [3.63, 3.8) is 0 Å². The molecule has 36 heavy (non-hydrogen) atoms. The predicted molar refractivity (Wildman–Crippen MR) is 134 cm³/mol. The Morgan fingerprint density at radius 1 is 1.06 bits per heavy atom. The van der Waals surface area contributed by atoms with E-state index in [1.165, 1.54) is 19.5 Å². The molecule has 182 valence electrons. The molecule has 4 aromatic rings. The smallest absolute Gasteiger partial charge is 0.294 e. The molecule has 0 radical (unpaired) electrons. The Kier molecular flexibility index (Phi) is 7.78. The standard InChI is InChI=1S/C27H25N5O4/c1-18(33)29-16-23(24-25(34)26(35)32-17-31-24)14-21-8-4-19(5-9-21)2-3-20-6-10-22(11-7-20)15-30-27-28-12-13-36-27/h4-13,17,23,34H,14-16H2,1H3,(H,28,30)(H,29,33)(H,31,32,35). The minimum absolute atomic E-state index is 0.200. The van der Waals surface area contributed by atoms with Crippen molar-refractivity contribution in [1.29, 1.82) is 0 Å². The first-order valence-corrected chi connectivity index (χ1v) is 11.3. The second-order valence-electron chi connectivity index (χ2n) is 8.14. The summed E-state index contributed by atoms with van der Waals surface area (Å²) in [5.74, 6) is 5.31. The number of carbonyl (C=O) groups excluding carboxylic acids is 1. The Bertz CT molecular complexity index is 1420. The zero-order valence-corrected chi connectivity index (χ0v) is 19.6. The van der Waals surface area contributed by atoms with Crippen LogP contribution in [0, 0.1) is 11.8 Å². The number of H-pyrrole nitrogens is 1. The third kappa shape index (κ3) is 6.61. The van der Waals surface area contributed by atoms with Crippen LogP contribution >= 0.6 is 0 Å². The van der Waals surface area contributed by atoms with Crippen molar-refractivity contribution in [3.8, 4) is 17.6 Å². The monoisotopic (exact) mass is 483 g/mol. The number of aromatic hydroxyl groups is 1. The maximum atomic E-state index is 11.8. The quantitative estimate of drug-likeness (QED) is 0.283. The lowest BCUT2D eigenvalue weighted by Gasteiger charge is -2.17. The lowest BCUT2D eigenvalue weighted by molar-refractivity contribution is -0.119. The normalized spacial score (nSPS) is 11.2. The van der Waals surface area contributed by atoms with E-state index in [-0.39, 0.29) is 24.1 Å². The number of amides is 1. The van der Waals surface area contributed by atoms with E-state index in [0.717, 1.165) is 22.3 Å². The predicted octanol–water partition coefficient (Wildman–Crippen LogP) is 2.94. The zero-order chi connectivity index (χ0) is 25.3. The van der Waals surface area contributed by atoms with Crippen LogP contribution in [0.5, 0.6) is 5.75 Å². The van der Waals surface area contributed by atoms with Crippen molar-refractivity contribution in [1.82, 2.24) is 20.3 Å². The minimum atomic E-state index is -0.614. The largest absolute Gasteiger partial charge is 0.502 e. The number of hydrogen-bond acceptors (Lipinski definition) is 7. The van der Waals surface area contributed by atoms with Gasteiger partial charge in [0.05, 0.1) is 18.2 Å². The summed E-state index contributed by atoms with van der Waals surface area (Å²) >= 11 is 0. The van der Waals surface area contributed by atoms with Gasteiger partial charge in [0, 0.05) is 37.1 Å². The molecule has 2 aromatic heterocycles. The number of benzene rings is 2. The second-order valence-corrected chi connectivity index (χ2v) is 8.14. The molecule has 0 aliphatic carbocycles. The van der Waals surface area contributed by atoms with Crippen molar-refractivity contribution in [2.45, 2.75) is 25.8 Å². The van der Waals surface area contributed by atoms with Gasteiger partial charge < -0.3 is 25.1 Å². The highest BCUT2D eigenvalue weighted by molar-refractivity contribution is 5.72. The topological polar surface area (TPSA) is 133 Å². The molecule has 1 atom stereocenters. The highest BCUT2D eigenvalue weighted by Crippen LogP contribution is 2.23. The van der Waals surface area contributed by atoms with Crippen LogP contribution in [0.1, 0.15) is 40.8 Å². The average Bonchev–Trinajstić information content (AvgIpc) is 3.41. The number of carbonyl (C=O) groups is 1. The molecule has 9 heteroatoms. The summed E-state index contributed by atoms with van der Waals surface area (Å²) in [6.45, 7) is 2.26. The van der Waals surface area contributed by atoms with E-state index in [4.69, 9.17) is 4.42 Å². The molecular weight excluding hydrogens is 458 g/mol. The molecule has 0 saturated carbocycles. The third-order valence-corrected chi connectivity index (χ3v) is 5.46. The van der Waals surface area contributed by atoms with Crippen LogP contribution < -0.4 is 16.2 Å². The molecule has 4 N–H and O–H groups in total. The van der Waals surface area contributed by atoms with E-state index in [9.17, 15) is 14.7 Å². The van der Waals surface area contributed by atoms with Gasteiger partial charge in [-0.1, -0.05) is 36.1 Å². The van der Waals surface area contributed by atoms with Crippen molar-refractivity contribution >= 4 is 11.9 Å². The van der Waals surface area contributed by atoms with Gasteiger partial charge >= 0.3 is 0 Å². The molecule has 0 spiro atoms. The molecule has 0 aliphatic heterocycles. The summed E-state index contributed by atoms with van der Waals surface area (Å²) in [7, 11) is 0. The zero-order valence-electron chi connectivity index (χ0n) is 19.6. The maximum Gasteiger partial charge on any atom is 0.294 e.